The SMILES string of the molecule is COC(=O)N1C[C@@](NC(=O)OC(C)(C)C)(C2c3ccccc3-c3ccccc32)[C@H]2OCC(=O)[C@H]21. The number of carbonyl (C=O) groups excluding carboxylic acids is 3. The maximum atomic E-state index is 13.2. The van der Waals surface area contributed by atoms with Crippen molar-refractivity contribution in [2.45, 2.75) is 50.0 Å². The van der Waals surface area contributed by atoms with Gasteiger partial charge in [-0.15, -0.1) is 0 Å². The number of rotatable bonds is 2. The van der Waals surface area contributed by atoms with Gasteiger partial charge in [-0.3, -0.25) is 9.69 Å². The lowest BCUT2D eigenvalue weighted by atomic mass is 9.74. The maximum absolute atomic E-state index is 13.2. The lowest BCUT2D eigenvalue weighted by molar-refractivity contribution is -0.121. The highest BCUT2D eigenvalue weighted by Crippen LogP contribution is 2.54. The molecule has 2 amide bonds. The van der Waals surface area contributed by atoms with Crippen LogP contribution in [0, 0.1) is 0 Å². The van der Waals surface area contributed by atoms with Gasteiger partial charge < -0.3 is 19.5 Å². The van der Waals surface area contributed by atoms with Gasteiger partial charge in [0.2, 0.25) is 0 Å². The fraction of sp³-hybridized carbons (Fsp3) is 0.423. The van der Waals surface area contributed by atoms with Crippen molar-refractivity contribution in [1.82, 2.24) is 10.2 Å². The summed E-state index contributed by atoms with van der Waals surface area (Å²) in [6.45, 7) is 5.25. The van der Waals surface area contributed by atoms with Crippen LogP contribution in [0.1, 0.15) is 37.8 Å². The molecule has 1 aliphatic carbocycles. The number of hydrogen-bond donors (Lipinski definition) is 1. The van der Waals surface area contributed by atoms with Crippen LogP contribution in [-0.4, -0.2) is 66.4 Å². The summed E-state index contributed by atoms with van der Waals surface area (Å²) < 4.78 is 16.7. The van der Waals surface area contributed by atoms with Crippen molar-refractivity contribution < 1.29 is 28.6 Å². The molecular weight excluding hydrogens is 436 g/mol. The molecule has 0 bridgehead atoms. The van der Waals surface area contributed by atoms with Gasteiger partial charge in [-0.25, -0.2) is 9.59 Å². The quantitative estimate of drug-likeness (QED) is 0.731. The lowest BCUT2D eigenvalue weighted by Gasteiger charge is -2.40. The highest BCUT2D eigenvalue weighted by atomic mass is 16.6. The summed E-state index contributed by atoms with van der Waals surface area (Å²) in [5.74, 6) is -0.594. The van der Waals surface area contributed by atoms with Crippen molar-refractivity contribution in [3.05, 3.63) is 59.7 Å². The molecule has 3 aliphatic rings. The molecule has 1 N–H and O–H groups in total. The predicted molar refractivity (Wildman–Crippen MR) is 123 cm³/mol. The van der Waals surface area contributed by atoms with Gasteiger partial charge in [0.25, 0.3) is 0 Å². The van der Waals surface area contributed by atoms with Gasteiger partial charge in [-0.1, -0.05) is 48.5 Å². The van der Waals surface area contributed by atoms with E-state index in [9.17, 15) is 14.4 Å². The Morgan fingerprint density at radius 1 is 1.06 bits per heavy atom. The summed E-state index contributed by atoms with van der Waals surface area (Å²) in [5, 5.41) is 3.09. The third kappa shape index (κ3) is 3.36. The third-order valence-corrected chi connectivity index (χ3v) is 6.79. The van der Waals surface area contributed by atoms with Crippen molar-refractivity contribution in [1.29, 1.82) is 0 Å². The largest absolute Gasteiger partial charge is 0.453 e. The van der Waals surface area contributed by atoms with Crippen LogP contribution in [0.2, 0.25) is 0 Å². The molecule has 0 aromatic heterocycles. The van der Waals surface area contributed by atoms with Gasteiger partial charge in [-0.2, -0.15) is 0 Å². The van der Waals surface area contributed by atoms with Crippen molar-refractivity contribution >= 4 is 18.0 Å². The fourth-order valence-corrected chi connectivity index (χ4v) is 5.69. The molecule has 5 rings (SSSR count). The second-order valence-electron chi connectivity index (χ2n) is 10.0. The van der Waals surface area contributed by atoms with E-state index in [1.807, 2.05) is 48.5 Å². The zero-order valence-corrected chi connectivity index (χ0v) is 19.7. The molecule has 0 unspecified atom stereocenters. The molecule has 3 atom stereocenters. The van der Waals surface area contributed by atoms with Gasteiger partial charge in [0.05, 0.1) is 13.7 Å². The second-order valence-corrected chi connectivity index (χ2v) is 10.0. The third-order valence-electron chi connectivity index (χ3n) is 6.79. The maximum Gasteiger partial charge on any atom is 0.410 e. The number of Topliss-reactive ketones (excluding diaryl/α,β-unsaturated/α-hetero) is 1. The molecule has 0 saturated carbocycles. The number of methoxy groups -OCH3 is 1. The zero-order valence-electron chi connectivity index (χ0n) is 19.7. The second kappa shape index (κ2) is 7.84. The first-order valence-electron chi connectivity index (χ1n) is 11.3. The number of nitrogens with zero attached hydrogens (tertiary/aromatic N) is 1. The van der Waals surface area contributed by atoms with Gasteiger partial charge in [0.15, 0.2) is 5.78 Å². The first-order chi connectivity index (χ1) is 16.2. The summed E-state index contributed by atoms with van der Waals surface area (Å²) >= 11 is 0. The first-order valence-corrected chi connectivity index (χ1v) is 11.3. The number of nitrogens with one attached hydrogen (secondary N) is 1. The summed E-state index contributed by atoms with van der Waals surface area (Å²) in [5.41, 5.74) is 2.19. The number of ketones is 1. The van der Waals surface area contributed by atoms with E-state index in [1.165, 1.54) is 12.0 Å². The number of benzene rings is 2. The monoisotopic (exact) mass is 464 g/mol. The van der Waals surface area contributed by atoms with Crippen LogP contribution in [-0.2, 0) is 19.0 Å². The van der Waals surface area contributed by atoms with E-state index in [1.54, 1.807) is 20.8 Å². The van der Waals surface area contributed by atoms with E-state index >= 15 is 0 Å². The van der Waals surface area contributed by atoms with Crippen LogP contribution in [0.25, 0.3) is 11.1 Å². The normalized spacial score (nSPS) is 25.5. The Balaban J connectivity index is 1.70. The van der Waals surface area contributed by atoms with Gasteiger partial charge in [0.1, 0.15) is 29.9 Å². The standard InChI is InChI=1S/C26H28N2O6/c1-25(2,3)34-23(30)27-26(14-28(24(31)32-4)21-19(29)13-33-22(21)26)20-17-11-7-5-9-15(17)16-10-6-8-12-18(16)20/h5-12,20-22H,13-14H2,1-4H3,(H,27,30)/t21-,22+,26-/m1/s1. The number of amides is 2. The zero-order chi connectivity index (χ0) is 24.3. The fourth-order valence-electron chi connectivity index (χ4n) is 5.69. The molecule has 8 heteroatoms. The Hall–Kier alpha value is -3.39. The summed E-state index contributed by atoms with van der Waals surface area (Å²) in [6.07, 6.45) is -2.04. The molecule has 34 heavy (non-hydrogen) atoms. The Kier molecular flexibility index (Phi) is 5.16. The average molecular weight is 465 g/mol. The molecular formula is C26H28N2O6. The molecule has 2 heterocycles. The van der Waals surface area contributed by atoms with E-state index < -0.39 is 35.5 Å². The van der Waals surface area contributed by atoms with Gasteiger partial charge in [0, 0.05) is 5.92 Å². The Labute approximate surface area is 198 Å². The number of hydrogen-bond acceptors (Lipinski definition) is 6. The van der Waals surface area contributed by atoms with Crippen LogP contribution in [0.5, 0.6) is 0 Å². The van der Waals surface area contributed by atoms with Crippen molar-refractivity contribution in [3.8, 4) is 11.1 Å². The van der Waals surface area contributed by atoms with E-state index in [2.05, 4.69) is 5.32 Å². The minimum Gasteiger partial charge on any atom is -0.453 e. The van der Waals surface area contributed by atoms with Gasteiger partial charge in [-0.05, 0) is 43.0 Å². The number of fused-ring (bicyclic) bond motifs is 4. The summed E-state index contributed by atoms with van der Waals surface area (Å²) in [6, 6.07) is 15.1. The van der Waals surface area contributed by atoms with E-state index in [-0.39, 0.29) is 24.9 Å². The van der Waals surface area contributed by atoms with Crippen molar-refractivity contribution in [2.24, 2.45) is 0 Å². The van der Waals surface area contributed by atoms with E-state index in [0.29, 0.717) is 0 Å². The molecule has 0 spiro atoms. The number of carbonyl (C=O) groups is 3. The molecule has 178 valence electrons. The van der Waals surface area contributed by atoms with Crippen LogP contribution >= 0.6 is 0 Å². The summed E-state index contributed by atoms with van der Waals surface area (Å²) in [7, 11) is 1.28. The minimum atomic E-state index is -1.16. The molecule has 8 nitrogen and oxygen atoms in total. The summed E-state index contributed by atoms with van der Waals surface area (Å²) in [4.78, 5) is 40.2. The molecule has 2 fully saturated rings. The van der Waals surface area contributed by atoms with Crippen molar-refractivity contribution in [2.75, 3.05) is 20.3 Å². The topological polar surface area (TPSA) is 94.2 Å². The number of ether oxygens (including phenoxy) is 3. The Morgan fingerprint density at radius 2 is 1.65 bits per heavy atom. The van der Waals surface area contributed by atoms with Crippen LogP contribution in [0.3, 0.4) is 0 Å². The number of alkyl carbamates (subject to hydrolysis) is 1. The van der Waals surface area contributed by atoms with E-state index in [0.717, 1.165) is 22.3 Å². The highest BCUT2D eigenvalue weighted by Gasteiger charge is 2.66. The van der Waals surface area contributed by atoms with Crippen LogP contribution < -0.4 is 5.32 Å². The lowest BCUT2D eigenvalue weighted by Crippen LogP contribution is -2.61. The highest BCUT2D eigenvalue weighted by molar-refractivity contribution is 5.93. The molecule has 2 saturated heterocycles. The van der Waals surface area contributed by atoms with Crippen LogP contribution in [0.15, 0.2) is 48.5 Å². The van der Waals surface area contributed by atoms with E-state index in [4.69, 9.17) is 14.2 Å². The van der Waals surface area contributed by atoms with Gasteiger partial charge >= 0.3 is 12.2 Å². The molecule has 2 aromatic carbocycles. The average Bonchev–Trinajstić information content (AvgIpc) is 3.43. The Bertz CT molecular complexity index is 1130. The molecule has 2 aliphatic heterocycles. The first kappa shape index (κ1) is 22.4. The number of likely N-dealkylation sites (tertiary alicyclic amines) is 1. The molecule has 2 aromatic rings. The molecule has 0 radical (unpaired) electrons. The van der Waals surface area contributed by atoms with Crippen LogP contribution in [0.4, 0.5) is 9.59 Å². The minimum absolute atomic E-state index is 0.0350. The Morgan fingerprint density at radius 3 is 2.21 bits per heavy atom. The smallest absolute Gasteiger partial charge is 0.410 e. The van der Waals surface area contributed by atoms with Crippen molar-refractivity contribution in [3.63, 3.8) is 0 Å². The predicted octanol–water partition coefficient (Wildman–Crippen LogP) is 3.48.